The Balaban J connectivity index is 1.51. The third-order valence-electron chi connectivity index (χ3n) is 6.42. The molecule has 0 aromatic rings. The molecular weight excluding hydrogens is 222 g/mol. The van der Waals surface area contributed by atoms with Crippen molar-refractivity contribution in [2.45, 2.75) is 63.5 Å². The summed E-state index contributed by atoms with van der Waals surface area (Å²) in [6.45, 7) is 4.37. The van der Waals surface area contributed by atoms with E-state index in [9.17, 15) is 0 Å². The van der Waals surface area contributed by atoms with E-state index in [0.717, 1.165) is 36.8 Å². The summed E-state index contributed by atoms with van der Waals surface area (Å²) in [5, 5.41) is 3.99. The van der Waals surface area contributed by atoms with Gasteiger partial charge in [0.1, 0.15) is 0 Å². The molecule has 1 unspecified atom stereocenters. The summed E-state index contributed by atoms with van der Waals surface area (Å²) in [5.41, 5.74) is 0.387. The van der Waals surface area contributed by atoms with Crippen LogP contribution in [0.4, 0.5) is 0 Å². The second kappa shape index (κ2) is 4.21. The maximum absolute atomic E-state index is 6.24. The first-order valence-corrected chi connectivity index (χ1v) is 8.16. The lowest BCUT2D eigenvalue weighted by molar-refractivity contribution is -0.147. The largest absolute Gasteiger partial charge is 0.375 e. The molecule has 1 heterocycles. The van der Waals surface area contributed by atoms with Crippen LogP contribution in [0.5, 0.6) is 0 Å². The highest BCUT2D eigenvalue weighted by Crippen LogP contribution is 2.58. The Morgan fingerprint density at radius 3 is 2.22 bits per heavy atom. The van der Waals surface area contributed by atoms with Crippen LogP contribution >= 0.6 is 0 Å². The number of nitrogens with one attached hydrogen (secondary N) is 1. The second-order valence-electron chi connectivity index (χ2n) is 7.45. The minimum atomic E-state index is 0.387. The highest BCUT2D eigenvalue weighted by atomic mass is 16.5. The van der Waals surface area contributed by atoms with Gasteiger partial charge in [-0.05, 0) is 62.2 Å². The third kappa shape index (κ3) is 1.61. The monoisotopic (exact) mass is 249 g/mol. The van der Waals surface area contributed by atoms with Gasteiger partial charge >= 0.3 is 0 Å². The molecule has 1 atom stereocenters. The molecule has 0 amide bonds. The van der Waals surface area contributed by atoms with Crippen LogP contribution in [0.1, 0.15) is 51.9 Å². The molecule has 5 aliphatic rings. The van der Waals surface area contributed by atoms with Crippen molar-refractivity contribution in [1.82, 2.24) is 5.32 Å². The summed E-state index contributed by atoms with van der Waals surface area (Å²) in [7, 11) is 0. The SMILES string of the molecule is CCCC1CNC2(CO1)C1CC3CC(C1)CC2C3. The minimum absolute atomic E-state index is 0.387. The van der Waals surface area contributed by atoms with Crippen molar-refractivity contribution in [2.75, 3.05) is 13.2 Å². The van der Waals surface area contributed by atoms with Gasteiger partial charge in [0, 0.05) is 12.1 Å². The van der Waals surface area contributed by atoms with Crippen LogP contribution in [0, 0.1) is 23.7 Å². The molecule has 4 bridgehead atoms. The standard InChI is InChI=1S/C16H27NO/c1-2-3-15-9-17-16(10-18-15)13-5-11-4-12(7-13)8-14(16)6-11/h11-15,17H,2-10H2,1H3. The zero-order valence-corrected chi connectivity index (χ0v) is 11.7. The van der Waals surface area contributed by atoms with Crippen molar-refractivity contribution in [2.24, 2.45) is 23.7 Å². The summed E-state index contributed by atoms with van der Waals surface area (Å²) < 4.78 is 6.24. The molecule has 1 N–H and O–H groups in total. The van der Waals surface area contributed by atoms with Gasteiger partial charge < -0.3 is 10.1 Å². The fourth-order valence-corrected chi connectivity index (χ4v) is 5.73. The molecule has 1 spiro atoms. The molecule has 1 aliphatic heterocycles. The first-order chi connectivity index (χ1) is 8.80. The average molecular weight is 249 g/mol. The Hall–Kier alpha value is -0.0800. The zero-order chi connectivity index (χ0) is 12.2. The Morgan fingerprint density at radius 1 is 1.06 bits per heavy atom. The van der Waals surface area contributed by atoms with Gasteiger partial charge in [0.05, 0.1) is 12.7 Å². The van der Waals surface area contributed by atoms with Gasteiger partial charge in [-0.25, -0.2) is 0 Å². The van der Waals surface area contributed by atoms with Crippen LogP contribution in [0.2, 0.25) is 0 Å². The molecule has 1 saturated heterocycles. The zero-order valence-electron chi connectivity index (χ0n) is 11.7. The molecular formula is C16H27NO. The van der Waals surface area contributed by atoms with Gasteiger partial charge in [0.25, 0.3) is 0 Å². The molecule has 2 nitrogen and oxygen atoms in total. The van der Waals surface area contributed by atoms with E-state index in [1.807, 2.05) is 0 Å². The molecule has 4 aliphatic carbocycles. The average Bonchev–Trinajstić information content (AvgIpc) is 2.37. The summed E-state index contributed by atoms with van der Waals surface area (Å²) in [6, 6.07) is 0. The number of ether oxygens (including phenoxy) is 1. The Bertz CT molecular complexity index is 289. The van der Waals surface area contributed by atoms with E-state index in [0.29, 0.717) is 11.6 Å². The van der Waals surface area contributed by atoms with Gasteiger partial charge in [0.15, 0.2) is 0 Å². The first kappa shape index (κ1) is 11.7. The predicted molar refractivity (Wildman–Crippen MR) is 72.4 cm³/mol. The van der Waals surface area contributed by atoms with E-state index >= 15 is 0 Å². The number of hydrogen-bond acceptors (Lipinski definition) is 2. The smallest absolute Gasteiger partial charge is 0.0700 e. The quantitative estimate of drug-likeness (QED) is 0.812. The number of rotatable bonds is 2. The first-order valence-electron chi connectivity index (χ1n) is 8.16. The van der Waals surface area contributed by atoms with Crippen molar-refractivity contribution in [3.63, 3.8) is 0 Å². The minimum Gasteiger partial charge on any atom is -0.375 e. The summed E-state index contributed by atoms with van der Waals surface area (Å²) in [5.74, 6) is 3.98. The Labute approximate surface area is 111 Å². The fraction of sp³-hybridized carbons (Fsp3) is 1.00. The lowest BCUT2D eigenvalue weighted by atomic mass is 9.48. The van der Waals surface area contributed by atoms with Crippen molar-refractivity contribution in [1.29, 1.82) is 0 Å². The van der Waals surface area contributed by atoms with Gasteiger partial charge in [-0.1, -0.05) is 13.3 Å². The van der Waals surface area contributed by atoms with E-state index < -0.39 is 0 Å². The van der Waals surface area contributed by atoms with Gasteiger partial charge in [-0.3, -0.25) is 0 Å². The van der Waals surface area contributed by atoms with Crippen LogP contribution in [0.15, 0.2) is 0 Å². The maximum atomic E-state index is 6.24. The van der Waals surface area contributed by atoms with E-state index in [4.69, 9.17) is 4.74 Å². The highest BCUT2D eigenvalue weighted by molar-refractivity contribution is 5.12. The van der Waals surface area contributed by atoms with E-state index in [1.165, 1.54) is 38.5 Å². The summed E-state index contributed by atoms with van der Waals surface area (Å²) in [4.78, 5) is 0. The van der Waals surface area contributed by atoms with Crippen LogP contribution < -0.4 is 5.32 Å². The van der Waals surface area contributed by atoms with Gasteiger partial charge in [0.2, 0.25) is 0 Å². The molecule has 102 valence electrons. The topological polar surface area (TPSA) is 21.3 Å². The highest BCUT2D eigenvalue weighted by Gasteiger charge is 2.58. The second-order valence-corrected chi connectivity index (χ2v) is 7.45. The number of morpholine rings is 1. The molecule has 2 heteroatoms. The lowest BCUT2D eigenvalue weighted by Gasteiger charge is -2.63. The molecule has 0 aromatic heterocycles. The van der Waals surface area contributed by atoms with Crippen molar-refractivity contribution in [3.05, 3.63) is 0 Å². The van der Waals surface area contributed by atoms with Gasteiger partial charge in [-0.2, -0.15) is 0 Å². The van der Waals surface area contributed by atoms with Crippen LogP contribution in [0.25, 0.3) is 0 Å². The van der Waals surface area contributed by atoms with E-state index in [1.54, 1.807) is 6.42 Å². The van der Waals surface area contributed by atoms with Gasteiger partial charge in [-0.15, -0.1) is 0 Å². The van der Waals surface area contributed by atoms with Crippen LogP contribution in [-0.4, -0.2) is 24.8 Å². The molecule has 0 radical (unpaired) electrons. The molecule has 5 rings (SSSR count). The lowest BCUT2D eigenvalue weighted by Crippen LogP contribution is -2.70. The number of hydrogen-bond donors (Lipinski definition) is 1. The van der Waals surface area contributed by atoms with Crippen molar-refractivity contribution < 1.29 is 4.74 Å². The van der Waals surface area contributed by atoms with E-state index in [-0.39, 0.29) is 0 Å². The maximum Gasteiger partial charge on any atom is 0.0700 e. The molecule has 4 saturated carbocycles. The third-order valence-corrected chi connectivity index (χ3v) is 6.42. The predicted octanol–water partition coefficient (Wildman–Crippen LogP) is 2.97. The fourth-order valence-electron chi connectivity index (χ4n) is 5.73. The van der Waals surface area contributed by atoms with Crippen LogP contribution in [-0.2, 0) is 4.74 Å². The molecule has 5 fully saturated rings. The van der Waals surface area contributed by atoms with Crippen molar-refractivity contribution >= 4 is 0 Å². The van der Waals surface area contributed by atoms with Crippen LogP contribution in [0.3, 0.4) is 0 Å². The Morgan fingerprint density at radius 2 is 1.72 bits per heavy atom. The summed E-state index contributed by atoms with van der Waals surface area (Å²) in [6.07, 6.45) is 10.5. The molecule has 18 heavy (non-hydrogen) atoms. The Kier molecular flexibility index (Phi) is 2.74. The van der Waals surface area contributed by atoms with Crippen molar-refractivity contribution in [3.8, 4) is 0 Å². The normalized spacial score (nSPS) is 54.2. The van der Waals surface area contributed by atoms with E-state index in [2.05, 4.69) is 12.2 Å². The summed E-state index contributed by atoms with van der Waals surface area (Å²) >= 11 is 0. The molecule has 0 aromatic carbocycles.